The number of carbonyl (C=O) groups excluding carboxylic acids is 1. The van der Waals surface area contributed by atoms with Gasteiger partial charge in [0, 0.05) is 12.7 Å². The lowest BCUT2D eigenvalue weighted by molar-refractivity contribution is 0.0982. The molecule has 0 radical (unpaired) electrons. The number of nitrogens with one attached hydrogen (secondary N) is 1. The molecule has 164 valence electrons. The molecule has 1 aliphatic rings. The van der Waals surface area contributed by atoms with E-state index in [9.17, 15) is 17.6 Å². The zero-order valence-corrected chi connectivity index (χ0v) is 17.9. The summed E-state index contributed by atoms with van der Waals surface area (Å²) in [7, 11) is -3.88. The molecule has 1 N–H and O–H groups in total. The lowest BCUT2D eigenvalue weighted by Gasteiger charge is -2.28. The molecule has 1 aliphatic heterocycles. The molecule has 0 aliphatic carbocycles. The summed E-state index contributed by atoms with van der Waals surface area (Å²) in [5, 5.41) is 3.16. The number of amides is 1. The third-order valence-electron chi connectivity index (χ3n) is 5.50. The van der Waals surface area contributed by atoms with Crippen LogP contribution in [0.15, 0.2) is 42.7 Å². The topological polar surface area (TPSA) is 83.8 Å². The second-order valence-electron chi connectivity index (χ2n) is 7.80. The molecule has 1 atom stereocenters. The third-order valence-corrected chi connectivity index (χ3v) is 7.21. The maximum atomic E-state index is 15.6. The van der Waals surface area contributed by atoms with E-state index in [0.29, 0.717) is 6.54 Å². The van der Waals surface area contributed by atoms with E-state index < -0.39 is 27.0 Å². The van der Waals surface area contributed by atoms with Crippen molar-refractivity contribution >= 4 is 27.1 Å². The number of halogens is 2. The zero-order chi connectivity index (χ0) is 22.3. The van der Waals surface area contributed by atoms with Crippen molar-refractivity contribution in [3.63, 3.8) is 0 Å². The second-order valence-corrected chi connectivity index (χ2v) is 10.0. The van der Waals surface area contributed by atoms with Gasteiger partial charge in [0.2, 0.25) is 10.0 Å². The summed E-state index contributed by atoms with van der Waals surface area (Å²) < 4.78 is 56.7. The Hall–Kier alpha value is -3.01. The largest absolute Gasteiger partial charge is 0.362 e. The minimum atomic E-state index is -3.88. The van der Waals surface area contributed by atoms with E-state index in [2.05, 4.69) is 5.10 Å². The quantitative estimate of drug-likeness (QED) is 0.647. The van der Waals surface area contributed by atoms with Crippen LogP contribution in [0.1, 0.15) is 48.7 Å². The highest BCUT2D eigenvalue weighted by atomic mass is 32.2. The van der Waals surface area contributed by atoms with E-state index in [0.717, 1.165) is 24.6 Å². The normalized spacial score (nSPS) is 16.9. The van der Waals surface area contributed by atoms with E-state index in [4.69, 9.17) is 0 Å². The number of nitrogens with zero attached hydrogens (tertiary/aromatic N) is 3. The number of carbonyl (C=O) groups is 1. The van der Waals surface area contributed by atoms with E-state index in [1.807, 2.05) is 9.62 Å². The molecule has 3 aromatic rings. The number of sulfonamides is 1. The lowest BCUT2D eigenvalue weighted by Crippen LogP contribution is -2.35. The molecule has 0 saturated carbocycles. The van der Waals surface area contributed by atoms with Gasteiger partial charge in [0.25, 0.3) is 5.91 Å². The molecule has 1 aromatic carbocycles. The van der Waals surface area contributed by atoms with E-state index >= 15 is 4.39 Å². The van der Waals surface area contributed by atoms with Gasteiger partial charge in [0.05, 0.1) is 28.7 Å². The van der Waals surface area contributed by atoms with Gasteiger partial charge >= 0.3 is 0 Å². The van der Waals surface area contributed by atoms with Crippen molar-refractivity contribution in [1.29, 1.82) is 0 Å². The van der Waals surface area contributed by atoms with Crippen LogP contribution in [0, 0.1) is 11.6 Å². The van der Waals surface area contributed by atoms with Crippen molar-refractivity contribution in [2.75, 3.05) is 11.4 Å². The fraction of sp³-hybridized carbons (Fsp3) is 0.333. The molecule has 0 unspecified atom stereocenters. The smallest absolute Gasteiger partial charge is 0.268 e. The first-order valence-corrected chi connectivity index (χ1v) is 11.5. The average molecular weight is 448 g/mol. The minimum Gasteiger partial charge on any atom is -0.362 e. The molecule has 0 bridgehead atoms. The Kier molecular flexibility index (Phi) is 5.42. The highest BCUT2D eigenvalue weighted by molar-refractivity contribution is 7.90. The van der Waals surface area contributed by atoms with E-state index in [1.54, 1.807) is 18.2 Å². The highest BCUT2D eigenvalue weighted by Gasteiger charge is 2.31. The molecule has 0 spiro atoms. The molecular weight excluding hydrogens is 426 g/mol. The molecule has 1 amide bonds. The maximum Gasteiger partial charge on any atom is 0.268 e. The molecular formula is C21H22F2N4O3S. The summed E-state index contributed by atoms with van der Waals surface area (Å²) in [4.78, 5) is 14.4. The predicted molar refractivity (Wildman–Crippen MR) is 112 cm³/mol. The maximum absolute atomic E-state index is 15.6. The van der Waals surface area contributed by atoms with Gasteiger partial charge in [-0.25, -0.2) is 26.4 Å². The molecule has 3 heterocycles. The second kappa shape index (κ2) is 7.92. The standard InChI is InChI=1S/C21H22F2N4O3S/c1-13(2)31(29,30)25-21(28)16-12-24-27-10-8-18(19(23)20(16)27)26-9-4-7-17(26)14-5-3-6-15(22)11-14/h3,5-6,8,10-13,17H,4,7,9H2,1-2H3,(H,25,28)/t17-/m1/s1. The first-order chi connectivity index (χ1) is 14.7. The first kappa shape index (κ1) is 21.2. The summed E-state index contributed by atoms with van der Waals surface area (Å²) in [6, 6.07) is 7.56. The Bertz CT molecular complexity index is 1260. The van der Waals surface area contributed by atoms with Gasteiger partial charge in [-0.15, -0.1) is 0 Å². The van der Waals surface area contributed by atoms with Gasteiger partial charge in [-0.2, -0.15) is 5.10 Å². The van der Waals surface area contributed by atoms with E-state index in [-0.39, 0.29) is 28.6 Å². The Morgan fingerprint density at radius 2 is 2.03 bits per heavy atom. The molecule has 4 rings (SSSR count). The SMILES string of the molecule is CC(C)S(=O)(=O)NC(=O)c1cnn2ccc(N3CCC[C@@H]3c3cccc(F)c3)c(F)c12. The van der Waals surface area contributed by atoms with Gasteiger partial charge in [-0.05, 0) is 50.5 Å². The highest BCUT2D eigenvalue weighted by Crippen LogP contribution is 2.38. The average Bonchev–Trinajstić information content (AvgIpc) is 3.35. The molecule has 10 heteroatoms. The monoisotopic (exact) mass is 448 g/mol. The Morgan fingerprint density at radius 3 is 2.74 bits per heavy atom. The molecule has 2 aromatic heterocycles. The van der Waals surface area contributed by atoms with Gasteiger partial charge in [0.15, 0.2) is 5.82 Å². The number of fused-ring (bicyclic) bond motifs is 1. The van der Waals surface area contributed by atoms with Crippen LogP contribution in [0.5, 0.6) is 0 Å². The summed E-state index contributed by atoms with van der Waals surface area (Å²) >= 11 is 0. The third kappa shape index (κ3) is 3.87. The minimum absolute atomic E-state index is 0.112. The summed E-state index contributed by atoms with van der Waals surface area (Å²) in [5.41, 5.74) is 0.704. The fourth-order valence-electron chi connectivity index (χ4n) is 3.84. The number of hydrogen-bond acceptors (Lipinski definition) is 5. The molecule has 1 saturated heterocycles. The van der Waals surface area contributed by atoms with Crippen molar-refractivity contribution in [1.82, 2.24) is 14.3 Å². The van der Waals surface area contributed by atoms with Crippen molar-refractivity contribution in [3.8, 4) is 0 Å². The number of anilines is 1. The van der Waals surface area contributed by atoms with Gasteiger partial charge < -0.3 is 4.90 Å². The van der Waals surface area contributed by atoms with Crippen LogP contribution in [0.3, 0.4) is 0 Å². The van der Waals surface area contributed by atoms with Crippen LogP contribution < -0.4 is 9.62 Å². The van der Waals surface area contributed by atoms with Gasteiger partial charge in [-0.3, -0.25) is 4.79 Å². The van der Waals surface area contributed by atoms with Crippen LogP contribution >= 0.6 is 0 Å². The van der Waals surface area contributed by atoms with Crippen LogP contribution in [0.4, 0.5) is 14.5 Å². The number of aromatic nitrogens is 2. The fourth-order valence-corrected chi connectivity index (χ4v) is 4.44. The number of pyridine rings is 1. The Morgan fingerprint density at radius 1 is 1.26 bits per heavy atom. The van der Waals surface area contributed by atoms with Crippen LogP contribution in [-0.4, -0.2) is 35.7 Å². The summed E-state index contributed by atoms with van der Waals surface area (Å²) in [5.74, 6) is -1.99. The van der Waals surface area contributed by atoms with Crippen LogP contribution in [-0.2, 0) is 10.0 Å². The van der Waals surface area contributed by atoms with Gasteiger partial charge in [-0.1, -0.05) is 12.1 Å². The number of rotatable bonds is 5. The molecule has 31 heavy (non-hydrogen) atoms. The lowest BCUT2D eigenvalue weighted by atomic mass is 10.0. The number of hydrogen-bond donors (Lipinski definition) is 1. The van der Waals surface area contributed by atoms with Crippen molar-refractivity contribution in [3.05, 3.63) is 65.5 Å². The van der Waals surface area contributed by atoms with Crippen LogP contribution in [0.2, 0.25) is 0 Å². The summed E-state index contributed by atoms with van der Waals surface area (Å²) in [6.07, 6.45) is 4.18. The Balaban J connectivity index is 1.74. The molecule has 1 fully saturated rings. The van der Waals surface area contributed by atoms with Gasteiger partial charge in [0.1, 0.15) is 11.3 Å². The molecule has 7 nitrogen and oxygen atoms in total. The number of benzene rings is 1. The van der Waals surface area contributed by atoms with Crippen molar-refractivity contribution < 1.29 is 22.0 Å². The first-order valence-electron chi connectivity index (χ1n) is 9.93. The Labute approximate surface area is 178 Å². The van der Waals surface area contributed by atoms with Crippen molar-refractivity contribution in [2.45, 2.75) is 38.0 Å². The zero-order valence-electron chi connectivity index (χ0n) is 17.0. The van der Waals surface area contributed by atoms with Crippen molar-refractivity contribution in [2.24, 2.45) is 0 Å². The predicted octanol–water partition coefficient (Wildman–Crippen LogP) is 3.42. The van der Waals surface area contributed by atoms with Crippen LogP contribution in [0.25, 0.3) is 5.52 Å². The van der Waals surface area contributed by atoms with E-state index in [1.165, 1.54) is 36.7 Å². The summed E-state index contributed by atoms with van der Waals surface area (Å²) in [6.45, 7) is 3.43.